The van der Waals surface area contributed by atoms with E-state index in [9.17, 15) is 0 Å². The number of allylic oxidation sites excluding steroid dienone is 3. The minimum atomic E-state index is 0.590. The van der Waals surface area contributed by atoms with E-state index in [1.807, 2.05) is 0 Å². The molecule has 9 heavy (non-hydrogen) atoms. The summed E-state index contributed by atoms with van der Waals surface area (Å²) in [6.45, 7) is 7.12. The summed E-state index contributed by atoms with van der Waals surface area (Å²) in [7, 11) is 1.77. The maximum Gasteiger partial charge on any atom is 0.0631 e. The summed E-state index contributed by atoms with van der Waals surface area (Å²) in [5.41, 5.74) is 0.705. The molecule has 0 aromatic rings. The third kappa shape index (κ3) is 2.98. The summed E-state index contributed by atoms with van der Waals surface area (Å²) in [6.07, 6.45) is 3.30. The summed E-state index contributed by atoms with van der Waals surface area (Å²) in [5, 5.41) is 3.40. The lowest BCUT2D eigenvalue weighted by molar-refractivity contribution is 1.03. The number of halogens is 1. The second-order valence-electron chi connectivity index (χ2n) is 1.48. The van der Waals surface area contributed by atoms with Gasteiger partial charge in [-0.1, -0.05) is 30.8 Å². The lowest BCUT2D eigenvalue weighted by Crippen LogP contribution is -2.03. The van der Waals surface area contributed by atoms with Gasteiger partial charge in [0.05, 0.1) is 5.03 Å². The van der Waals surface area contributed by atoms with Crippen molar-refractivity contribution in [2.24, 2.45) is 0 Å². The highest BCUT2D eigenvalue weighted by Crippen LogP contribution is 2.08. The van der Waals surface area contributed by atoms with E-state index in [2.05, 4.69) is 18.5 Å². The maximum absolute atomic E-state index is 5.66. The number of likely N-dealkylation sites (N-methyl/N-ethyl adjacent to an activating group) is 1. The number of nitrogens with one attached hydrogen (secondary N) is 1. The molecule has 0 spiro atoms. The number of hydrogen-bond donors (Lipinski definition) is 1. The molecule has 0 rings (SSSR count). The van der Waals surface area contributed by atoms with E-state index in [-0.39, 0.29) is 0 Å². The van der Waals surface area contributed by atoms with Gasteiger partial charge < -0.3 is 5.32 Å². The largest absolute Gasteiger partial charge is 0.387 e. The van der Waals surface area contributed by atoms with Crippen molar-refractivity contribution in [3.63, 3.8) is 0 Å². The Hall–Kier alpha value is -0.690. The smallest absolute Gasteiger partial charge is 0.0631 e. The third-order valence-electron chi connectivity index (χ3n) is 0.854. The van der Waals surface area contributed by atoms with Gasteiger partial charge in [-0.15, -0.1) is 0 Å². The van der Waals surface area contributed by atoms with Gasteiger partial charge in [0.2, 0.25) is 0 Å². The first kappa shape index (κ1) is 8.31. The molecule has 1 N–H and O–H groups in total. The van der Waals surface area contributed by atoms with Gasteiger partial charge in [0.25, 0.3) is 0 Å². The van der Waals surface area contributed by atoms with Crippen LogP contribution in [0.1, 0.15) is 0 Å². The molecule has 0 bridgehead atoms. The Kier molecular flexibility index (Phi) is 3.89. The Morgan fingerprint density at radius 3 is 2.56 bits per heavy atom. The normalized spacial score (nSPS) is 10.7. The van der Waals surface area contributed by atoms with Crippen LogP contribution in [-0.4, -0.2) is 7.05 Å². The molecular formula is C7H10ClN. The molecule has 0 unspecified atom stereocenters. The van der Waals surface area contributed by atoms with Crippen LogP contribution in [0.3, 0.4) is 0 Å². The van der Waals surface area contributed by atoms with E-state index in [1.165, 1.54) is 0 Å². The standard InChI is InChI=1S/C7H10ClN/c1-4-5-7(8)6(2)9-3/h4-5,9H,1-2H2,3H3/b7-5+. The van der Waals surface area contributed by atoms with Crippen molar-refractivity contribution < 1.29 is 0 Å². The third-order valence-corrected chi connectivity index (χ3v) is 1.21. The summed E-state index contributed by atoms with van der Waals surface area (Å²) < 4.78 is 0. The van der Waals surface area contributed by atoms with Crippen LogP contribution in [0.15, 0.2) is 36.0 Å². The average Bonchev–Trinajstić information content (AvgIpc) is 1.87. The molecular weight excluding hydrogens is 134 g/mol. The monoisotopic (exact) mass is 143 g/mol. The molecule has 2 heteroatoms. The lowest BCUT2D eigenvalue weighted by Gasteiger charge is -1.99. The van der Waals surface area contributed by atoms with Crippen molar-refractivity contribution in [3.8, 4) is 0 Å². The SMILES string of the molecule is C=C/C=C(/Cl)C(=C)NC. The van der Waals surface area contributed by atoms with Crippen molar-refractivity contribution in [3.05, 3.63) is 36.0 Å². The molecule has 0 saturated carbocycles. The van der Waals surface area contributed by atoms with Gasteiger partial charge >= 0.3 is 0 Å². The predicted molar refractivity (Wildman–Crippen MR) is 42.3 cm³/mol. The second-order valence-corrected chi connectivity index (χ2v) is 1.89. The molecule has 0 aliphatic carbocycles. The molecule has 0 aromatic carbocycles. The molecule has 0 amide bonds. The molecule has 0 aromatic heterocycles. The van der Waals surface area contributed by atoms with Crippen molar-refractivity contribution in [1.82, 2.24) is 5.32 Å². The Bertz CT molecular complexity index is 147. The molecule has 0 atom stereocenters. The second kappa shape index (κ2) is 4.21. The van der Waals surface area contributed by atoms with Crippen LogP contribution >= 0.6 is 11.6 Å². The van der Waals surface area contributed by atoms with E-state index >= 15 is 0 Å². The van der Waals surface area contributed by atoms with Gasteiger partial charge in [0.15, 0.2) is 0 Å². The Labute approximate surface area is 60.7 Å². The fourth-order valence-electron chi connectivity index (χ4n) is 0.323. The molecule has 50 valence electrons. The zero-order valence-electron chi connectivity index (χ0n) is 5.45. The number of hydrogen-bond acceptors (Lipinski definition) is 1. The van der Waals surface area contributed by atoms with Crippen LogP contribution in [0.5, 0.6) is 0 Å². The van der Waals surface area contributed by atoms with Gasteiger partial charge in [-0.25, -0.2) is 0 Å². The highest BCUT2D eigenvalue weighted by molar-refractivity contribution is 6.31. The minimum Gasteiger partial charge on any atom is -0.387 e. The van der Waals surface area contributed by atoms with Gasteiger partial charge in [-0.05, 0) is 6.08 Å². The fourth-order valence-corrected chi connectivity index (χ4v) is 0.507. The highest BCUT2D eigenvalue weighted by atomic mass is 35.5. The van der Waals surface area contributed by atoms with E-state index in [0.717, 1.165) is 0 Å². The van der Waals surface area contributed by atoms with Crippen LogP contribution < -0.4 is 5.32 Å². The van der Waals surface area contributed by atoms with Gasteiger partial charge in [0, 0.05) is 12.7 Å². The van der Waals surface area contributed by atoms with Crippen LogP contribution in [0.4, 0.5) is 0 Å². The maximum atomic E-state index is 5.66. The van der Waals surface area contributed by atoms with Crippen LogP contribution in [0.25, 0.3) is 0 Å². The first-order valence-corrected chi connectivity index (χ1v) is 2.95. The molecule has 0 radical (unpaired) electrons. The molecule has 0 heterocycles. The van der Waals surface area contributed by atoms with Gasteiger partial charge in [0.1, 0.15) is 0 Å². The topological polar surface area (TPSA) is 12.0 Å². The van der Waals surface area contributed by atoms with E-state index in [1.54, 1.807) is 19.2 Å². The summed E-state index contributed by atoms with van der Waals surface area (Å²) in [5.74, 6) is 0. The molecule has 1 nitrogen and oxygen atoms in total. The van der Waals surface area contributed by atoms with Crippen molar-refractivity contribution >= 4 is 11.6 Å². The van der Waals surface area contributed by atoms with E-state index < -0.39 is 0 Å². The summed E-state index contributed by atoms with van der Waals surface area (Å²) in [6, 6.07) is 0. The van der Waals surface area contributed by atoms with Crippen molar-refractivity contribution in [1.29, 1.82) is 0 Å². The minimum absolute atomic E-state index is 0.590. The highest BCUT2D eigenvalue weighted by Gasteiger charge is 1.90. The molecule has 0 aliphatic heterocycles. The summed E-state index contributed by atoms with van der Waals surface area (Å²) >= 11 is 5.66. The van der Waals surface area contributed by atoms with E-state index in [4.69, 9.17) is 11.6 Å². The fraction of sp³-hybridized carbons (Fsp3) is 0.143. The molecule has 0 aliphatic rings. The molecule has 0 saturated heterocycles. The van der Waals surface area contributed by atoms with E-state index in [0.29, 0.717) is 10.7 Å². The average molecular weight is 144 g/mol. The zero-order valence-corrected chi connectivity index (χ0v) is 6.20. The van der Waals surface area contributed by atoms with Gasteiger partial charge in [-0.3, -0.25) is 0 Å². The van der Waals surface area contributed by atoms with Crippen LogP contribution in [0.2, 0.25) is 0 Å². The van der Waals surface area contributed by atoms with Crippen molar-refractivity contribution in [2.45, 2.75) is 0 Å². The lowest BCUT2D eigenvalue weighted by atomic mass is 10.4. The van der Waals surface area contributed by atoms with Crippen LogP contribution in [0, 0.1) is 0 Å². The zero-order chi connectivity index (χ0) is 7.28. The Morgan fingerprint density at radius 2 is 2.22 bits per heavy atom. The Balaban J connectivity index is 4.01. The first-order valence-electron chi connectivity index (χ1n) is 2.57. The Morgan fingerprint density at radius 1 is 1.67 bits per heavy atom. The quantitative estimate of drug-likeness (QED) is 0.597. The molecule has 0 fully saturated rings. The summed E-state index contributed by atoms with van der Waals surface area (Å²) in [4.78, 5) is 0. The first-order chi connectivity index (χ1) is 4.22. The predicted octanol–water partition coefficient (Wildman–Crippen LogP) is 2.03. The number of rotatable bonds is 3. The van der Waals surface area contributed by atoms with Crippen molar-refractivity contribution in [2.75, 3.05) is 7.05 Å². The van der Waals surface area contributed by atoms with Crippen LogP contribution in [-0.2, 0) is 0 Å². The van der Waals surface area contributed by atoms with Gasteiger partial charge in [-0.2, -0.15) is 0 Å².